The molecule has 0 heterocycles. The van der Waals surface area contributed by atoms with Crippen LogP contribution < -0.4 is 10.1 Å². The van der Waals surface area contributed by atoms with Crippen LogP contribution >= 0.6 is 0 Å². The number of benzene rings is 3. The van der Waals surface area contributed by atoms with E-state index in [1.165, 1.54) is 13.0 Å². The summed E-state index contributed by atoms with van der Waals surface area (Å²) in [6.45, 7) is 7.05. The number of carbonyl (C=O) groups excluding carboxylic acids is 1. The van der Waals surface area contributed by atoms with Crippen molar-refractivity contribution in [2.45, 2.75) is 52.8 Å². The molecule has 0 fully saturated rings. The van der Waals surface area contributed by atoms with Crippen molar-refractivity contribution in [1.29, 1.82) is 0 Å². The van der Waals surface area contributed by atoms with Crippen LogP contribution in [0.5, 0.6) is 11.5 Å². The molecule has 1 unspecified atom stereocenters. The first-order valence-electron chi connectivity index (χ1n) is 11.4. The first-order chi connectivity index (χ1) is 16.8. The van der Waals surface area contributed by atoms with Crippen LogP contribution in [-0.2, 0) is 17.4 Å². The van der Waals surface area contributed by atoms with Gasteiger partial charge < -0.3 is 15.2 Å². The molecular formula is C28H28F3NO4. The third-order valence-corrected chi connectivity index (χ3v) is 5.88. The van der Waals surface area contributed by atoms with Crippen molar-refractivity contribution in [3.8, 4) is 11.5 Å². The van der Waals surface area contributed by atoms with E-state index < -0.39 is 29.7 Å². The molecule has 0 saturated heterocycles. The maximum absolute atomic E-state index is 12.9. The van der Waals surface area contributed by atoms with Crippen molar-refractivity contribution >= 4 is 11.9 Å². The summed E-state index contributed by atoms with van der Waals surface area (Å²) in [5.74, 6) is -0.156. The molecule has 5 nitrogen and oxygen atoms in total. The second-order valence-corrected chi connectivity index (χ2v) is 8.89. The number of carbonyl (C=O) groups is 2. The third kappa shape index (κ3) is 6.87. The molecule has 2 N–H and O–H groups in total. The van der Waals surface area contributed by atoms with Gasteiger partial charge in [0.25, 0.3) is 5.91 Å². The number of aryl methyl sites for hydroxylation is 4. The molecule has 3 aromatic carbocycles. The molecule has 0 aliphatic carbocycles. The number of amides is 1. The van der Waals surface area contributed by atoms with Gasteiger partial charge in [0.05, 0.1) is 11.6 Å². The van der Waals surface area contributed by atoms with Crippen LogP contribution in [-0.4, -0.2) is 17.0 Å². The molecule has 8 heteroatoms. The fourth-order valence-corrected chi connectivity index (χ4v) is 3.93. The summed E-state index contributed by atoms with van der Waals surface area (Å²) in [7, 11) is 0. The molecule has 3 aromatic rings. The molecule has 0 bridgehead atoms. The van der Waals surface area contributed by atoms with Gasteiger partial charge in [0.1, 0.15) is 11.5 Å². The predicted molar refractivity (Wildman–Crippen MR) is 130 cm³/mol. The van der Waals surface area contributed by atoms with Crippen molar-refractivity contribution in [2.24, 2.45) is 0 Å². The van der Waals surface area contributed by atoms with E-state index in [9.17, 15) is 22.8 Å². The molecule has 3 rings (SSSR count). The van der Waals surface area contributed by atoms with Gasteiger partial charge in [-0.3, -0.25) is 9.59 Å². The summed E-state index contributed by atoms with van der Waals surface area (Å²) in [4.78, 5) is 23.6. The topological polar surface area (TPSA) is 75.6 Å². The lowest BCUT2D eigenvalue weighted by atomic mass is 10.0. The van der Waals surface area contributed by atoms with Crippen molar-refractivity contribution in [3.63, 3.8) is 0 Å². The van der Waals surface area contributed by atoms with Gasteiger partial charge in [-0.05, 0) is 104 Å². The van der Waals surface area contributed by atoms with Crippen LogP contribution in [0, 0.1) is 20.8 Å². The highest BCUT2D eigenvalue weighted by atomic mass is 19.4. The zero-order valence-corrected chi connectivity index (χ0v) is 20.5. The van der Waals surface area contributed by atoms with E-state index in [-0.39, 0.29) is 17.5 Å². The van der Waals surface area contributed by atoms with Gasteiger partial charge in [-0.25, -0.2) is 0 Å². The highest BCUT2D eigenvalue weighted by Crippen LogP contribution is 2.31. The van der Waals surface area contributed by atoms with Crippen molar-refractivity contribution in [3.05, 3.63) is 93.5 Å². The molecule has 0 aromatic heterocycles. The molecule has 0 radical (unpaired) electrons. The second-order valence-electron chi connectivity index (χ2n) is 8.89. The number of ether oxygens (including phenoxy) is 1. The highest BCUT2D eigenvalue weighted by molar-refractivity contribution is 5.96. The van der Waals surface area contributed by atoms with Crippen LogP contribution in [0.2, 0.25) is 0 Å². The molecule has 1 atom stereocenters. The van der Waals surface area contributed by atoms with Crippen molar-refractivity contribution < 1.29 is 32.6 Å². The first-order valence-corrected chi connectivity index (χ1v) is 11.4. The molecular weight excluding hydrogens is 471 g/mol. The quantitative estimate of drug-likeness (QED) is 0.352. The molecule has 0 saturated carbocycles. The van der Waals surface area contributed by atoms with Crippen molar-refractivity contribution in [2.75, 3.05) is 0 Å². The number of aliphatic carboxylic acids is 1. The fraction of sp³-hybridized carbons (Fsp3) is 0.286. The van der Waals surface area contributed by atoms with Gasteiger partial charge in [-0.2, -0.15) is 13.2 Å². The predicted octanol–water partition coefficient (Wildman–Crippen LogP) is 6.93. The lowest BCUT2D eigenvalue weighted by molar-refractivity contribution is -0.138. The normalized spacial score (nSPS) is 12.2. The summed E-state index contributed by atoms with van der Waals surface area (Å²) in [6, 6.07) is 13.7. The number of hydrogen-bond acceptors (Lipinski definition) is 3. The Morgan fingerprint density at radius 3 is 2.28 bits per heavy atom. The average Bonchev–Trinajstić information content (AvgIpc) is 2.77. The fourth-order valence-electron chi connectivity index (χ4n) is 3.93. The third-order valence-electron chi connectivity index (χ3n) is 5.88. The van der Waals surface area contributed by atoms with Gasteiger partial charge in [0, 0.05) is 12.0 Å². The average molecular weight is 500 g/mol. The Labute approximate surface area is 207 Å². The van der Waals surface area contributed by atoms with Crippen LogP contribution in [0.1, 0.15) is 63.1 Å². The van der Waals surface area contributed by atoms with Crippen LogP contribution in [0.25, 0.3) is 0 Å². The van der Waals surface area contributed by atoms with E-state index in [2.05, 4.69) is 5.32 Å². The Balaban J connectivity index is 1.74. The first kappa shape index (κ1) is 26.8. The van der Waals surface area contributed by atoms with Crippen molar-refractivity contribution in [1.82, 2.24) is 5.32 Å². The SMILES string of the molecule is Cc1cc(Oc2ccc(CCC(=O)O)c(C)c2)cc(C(C)NC(=O)c2ccc(C(F)(F)F)cc2C)c1. The zero-order valence-electron chi connectivity index (χ0n) is 20.5. The van der Waals surface area contributed by atoms with Crippen LogP contribution in [0.4, 0.5) is 13.2 Å². The highest BCUT2D eigenvalue weighted by Gasteiger charge is 2.31. The summed E-state index contributed by atoms with van der Waals surface area (Å²) in [5, 5.41) is 11.7. The smallest absolute Gasteiger partial charge is 0.416 e. The molecule has 1 amide bonds. The van der Waals surface area contributed by atoms with E-state index in [4.69, 9.17) is 9.84 Å². The second kappa shape index (κ2) is 10.8. The van der Waals surface area contributed by atoms with Crippen LogP contribution in [0.3, 0.4) is 0 Å². The lowest BCUT2D eigenvalue weighted by Gasteiger charge is -2.18. The summed E-state index contributed by atoms with van der Waals surface area (Å²) in [5.41, 5.74) is 3.16. The summed E-state index contributed by atoms with van der Waals surface area (Å²) < 4.78 is 44.8. The van der Waals surface area contributed by atoms with Gasteiger partial charge in [-0.1, -0.05) is 12.1 Å². The number of rotatable bonds is 8. The molecule has 0 aliphatic heterocycles. The van der Waals surface area contributed by atoms with Gasteiger partial charge in [0.15, 0.2) is 0 Å². The Kier molecular flexibility index (Phi) is 8.07. The van der Waals surface area contributed by atoms with E-state index in [0.29, 0.717) is 17.9 Å². The molecule has 190 valence electrons. The largest absolute Gasteiger partial charge is 0.481 e. The van der Waals surface area contributed by atoms with Crippen LogP contribution in [0.15, 0.2) is 54.6 Å². The van der Waals surface area contributed by atoms with Gasteiger partial charge in [-0.15, -0.1) is 0 Å². The molecule has 0 aliphatic rings. The zero-order chi connectivity index (χ0) is 26.6. The number of carboxylic acids is 1. The number of carboxylic acid groups (broad SMARTS) is 1. The Morgan fingerprint density at radius 1 is 0.944 bits per heavy atom. The maximum Gasteiger partial charge on any atom is 0.416 e. The number of nitrogens with one attached hydrogen (secondary N) is 1. The Bertz CT molecular complexity index is 1280. The maximum atomic E-state index is 12.9. The number of hydrogen-bond donors (Lipinski definition) is 2. The summed E-state index contributed by atoms with van der Waals surface area (Å²) in [6.07, 6.45) is -3.98. The van der Waals surface area contributed by atoms with E-state index in [1.54, 1.807) is 19.1 Å². The van der Waals surface area contributed by atoms with Gasteiger partial charge >= 0.3 is 12.1 Å². The summed E-state index contributed by atoms with van der Waals surface area (Å²) >= 11 is 0. The van der Waals surface area contributed by atoms with E-state index in [1.807, 2.05) is 38.1 Å². The molecule has 0 spiro atoms. The minimum Gasteiger partial charge on any atom is -0.481 e. The standard InChI is InChI=1S/C28H28F3NO4/c1-16-11-21(19(4)32-27(35)25-9-7-22(13-18(25)3)28(29,30)31)15-24(12-16)36-23-8-5-20(17(2)14-23)6-10-26(33)34/h5,7-9,11-15,19H,6,10H2,1-4H3,(H,32,35)(H,33,34). The molecule has 36 heavy (non-hydrogen) atoms. The lowest BCUT2D eigenvalue weighted by Crippen LogP contribution is -2.27. The van der Waals surface area contributed by atoms with E-state index >= 15 is 0 Å². The number of alkyl halides is 3. The minimum atomic E-state index is -4.47. The van der Waals surface area contributed by atoms with E-state index in [0.717, 1.165) is 34.4 Å². The Morgan fingerprint density at radius 2 is 1.67 bits per heavy atom. The monoisotopic (exact) mass is 499 g/mol. The minimum absolute atomic E-state index is 0.0535. The Hall–Kier alpha value is -3.81. The number of halogens is 3. The van der Waals surface area contributed by atoms with Gasteiger partial charge in [0.2, 0.25) is 0 Å².